The lowest BCUT2D eigenvalue weighted by atomic mass is 9.94. The maximum absolute atomic E-state index is 5.92. The molecular formula is C13H14N4OS3. The first-order valence-electron chi connectivity index (χ1n) is 6.59. The Hall–Kier alpha value is -0.960. The molecule has 0 bridgehead atoms. The Labute approximate surface area is 134 Å². The molecular weight excluding hydrogens is 324 g/mol. The number of nitrogens with one attached hydrogen (secondary N) is 1. The number of ether oxygens (including phenoxy) is 1. The Balaban J connectivity index is 2.14. The molecule has 0 radical (unpaired) electrons. The number of fused-ring (bicyclic) bond motifs is 5. The number of H-pyrrole nitrogens is 1. The van der Waals surface area contributed by atoms with E-state index in [0.717, 1.165) is 27.4 Å². The van der Waals surface area contributed by atoms with Crippen molar-refractivity contribution >= 4 is 51.2 Å². The predicted octanol–water partition coefficient (Wildman–Crippen LogP) is 3.57. The summed E-state index contributed by atoms with van der Waals surface area (Å²) < 4.78 is 8.44. The largest absolute Gasteiger partial charge is 0.370 e. The van der Waals surface area contributed by atoms with Crippen molar-refractivity contribution in [2.75, 3.05) is 6.26 Å². The van der Waals surface area contributed by atoms with Crippen LogP contribution in [-0.2, 0) is 17.8 Å². The monoisotopic (exact) mass is 338 g/mol. The van der Waals surface area contributed by atoms with Crippen LogP contribution in [0.3, 0.4) is 0 Å². The normalized spacial score (nSPS) is 17.5. The maximum atomic E-state index is 5.92. The van der Waals surface area contributed by atoms with Crippen LogP contribution >= 0.6 is 35.3 Å². The zero-order valence-corrected chi connectivity index (χ0v) is 14.3. The van der Waals surface area contributed by atoms with E-state index >= 15 is 0 Å². The van der Waals surface area contributed by atoms with E-state index in [1.54, 1.807) is 23.1 Å². The van der Waals surface area contributed by atoms with Gasteiger partial charge in [-0.05, 0) is 37.9 Å². The molecule has 4 rings (SSSR count). The summed E-state index contributed by atoms with van der Waals surface area (Å²) in [5.74, 6) is 0. The molecule has 0 aromatic carbocycles. The smallest absolute Gasteiger partial charge is 0.201 e. The average molecular weight is 338 g/mol. The zero-order chi connectivity index (χ0) is 14.8. The topological polar surface area (TPSA) is 55.2 Å². The molecule has 3 aromatic heterocycles. The first kappa shape index (κ1) is 13.7. The molecule has 3 aromatic rings. The van der Waals surface area contributed by atoms with Crippen LogP contribution in [0, 0.1) is 4.77 Å². The van der Waals surface area contributed by atoms with Gasteiger partial charge in [0.15, 0.2) is 10.8 Å². The van der Waals surface area contributed by atoms with E-state index in [0.29, 0.717) is 11.4 Å². The van der Waals surface area contributed by atoms with Crippen molar-refractivity contribution in [3.63, 3.8) is 0 Å². The number of rotatable bonds is 1. The van der Waals surface area contributed by atoms with Crippen molar-refractivity contribution in [2.45, 2.75) is 37.6 Å². The number of thiophene rings is 1. The van der Waals surface area contributed by atoms with Gasteiger partial charge in [-0.3, -0.25) is 5.10 Å². The number of aromatic amines is 1. The summed E-state index contributed by atoms with van der Waals surface area (Å²) in [5.41, 5.74) is 2.04. The molecule has 1 aliphatic rings. The van der Waals surface area contributed by atoms with Gasteiger partial charge in [-0.25, -0.2) is 9.38 Å². The van der Waals surface area contributed by atoms with Crippen LogP contribution < -0.4 is 0 Å². The third-order valence-electron chi connectivity index (χ3n) is 3.74. The van der Waals surface area contributed by atoms with Gasteiger partial charge in [0.2, 0.25) is 4.77 Å². The quantitative estimate of drug-likeness (QED) is 0.417. The van der Waals surface area contributed by atoms with E-state index in [2.05, 4.69) is 24.0 Å². The fourth-order valence-electron chi connectivity index (χ4n) is 2.76. The van der Waals surface area contributed by atoms with Gasteiger partial charge in [-0.2, -0.15) is 5.10 Å². The molecule has 0 spiro atoms. The molecule has 1 aliphatic heterocycles. The van der Waals surface area contributed by atoms with Crippen LogP contribution in [-0.4, -0.2) is 31.4 Å². The van der Waals surface area contributed by atoms with E-state index in [-0.39, 0.29) is 5.60 Å². The minimum atomic E-state index is -0.150. The molecule has 0 saturated heterocycles. The summed E-state index contributed by atoms with van der Waals surface area (Å²) in [6, 6.07) is 0. The second kappa shape index (κ2) is 4.52. The van der Waals surface area contributed by atoms with Crippen LogP contribution in [0.25, 0.3) is 15.9 Å². The molecule has 21 heavy (non-hydrogen) atoms. The fraction of sp³-hybridized carbons (Fsp3) is 0.462. The molecule has 0 atom stereocenters. The van der Waals surface area contributed by atoms with Gasteiger partial charge in [0, 0.05) is 11.3 Å². The molecule has 0 amide bonds. The van der Waals surface area contributed by atoms with Gasteiger partial charge in [0.05, 0.1) is 17.6 Å². The Morgan fingerprint density at radius 1 is 1.48 bits per heavy atom. The average Bonchev–Trinajstić information content (AvgIpc) is 2.97. The molecule has 110 valence electrons. The highest BCUT2D eigenvalue weighted by Gasteiger charge is 2.31. The molecule has 5 nitrogen and oxygen atoms in total. The van der Waals surface area contributed by atoms with Crippen molar-refractivity contribution in [1.82, 2.24) is 19.6 Å². The third kappa shape index (κ3) is 1.97. The number of thioether (sulfide) groups is 1. The van der Waals surface area contributed by atoms with E-state index < -0.39 is 0 Å². The van der Waals surface area contributed by atoms with Crippen molar-refractivity contribution in [3.8, 4) is 0 Å². The van der Waals surface area contributed by atoms with Crippen molar-refractivity contribution in [2.24, 2.45) is 0 Å². The lowest BCUT2D eigenvalue weighted by Crippen LogP contribution is -2.31. The van der Waals surface area contributed by atoms with Crippen LogP contribution in [0.2, 0.25) is 0 Å². The molecule has 1 N–H and O–H groups in total. The number of nitrogens with zero attached hydrogens (tertiary/aromatic N) is 3. The lowest BCUT2D eigenvalue weighted by molar-refractivity contribution is -0.0379. The summed E-state index contributed by atoms with van der Waals surface area (Å²) in [6.07, 6.45) is 2.88. The molecule has 0 saturated carbocycles. The predicted molar refractivity (Wildman–Crippen MR) is 87.9 cm³/mol. The van der Waals surface area contributed by atoms with Crippen LogP contribution in [0.1, 0.15) is 24.3 Å². The summed E-state index contributed by atoms with van der Waals surface area (Å²) in [7, 11) is 0. The minimum absolute atomic E-state index is 0.150. The van der Waals surface area contributed by atoms with Crippen LogP contribution in [0.5, 0.6) is 0 Å². The van der Waals surface area contributed by atoms with Gasteiger partial charge < -0.3 is 4.74 Å². The number of hydrogen-bond donors (Lipinski definition) is 1. The van der Waals surface area contributed by atoms with Crippen molar-refractivity contribution in [1.29, 1.82) is 0 Å². The molecule has 4 heterocycles. The Kier molecular flexibility index (Phi) is 2.94. The zero-order valence-electron chi connectivity index (χ0n) is 11.9. The van der Waals surface area contributed by atoms with Gasteiger partial charge in [-0.15, -0.1) is 11.3 Å². The highest BCUT2D eigenvalue weighted by Crippen LogP contribution is 2.40. The summed E-state index contributed by atoms with van der Waals surface area (Å²) >= 11 is 8.63. The summed E-state index contributed by atoms with van der Waals surface area (Å²) in [6.45, 7) is 4.89. The van der Waals surface area contributed by atoms with Gasteiger partial charge in [0.1, 0.15) is 4.83 Å². The third-order valence-corrected chi connectivity index (χ3v) is 5.75. The summed E-state index contributed by atoms with van der Waals surface area (Å²) in [4.78, 5) is 7.05. The first-order chi connectivity index (χ1) is 10.00. The molecule has 0 unspecified atom stereocenters. The van der Waals surface area contributed by atoms with Gasteiger partial charge >= 0.3 is 0 Å². The van der Waals surface area contributed by atoms with E-state index in [9.17, 15) is 0 Å². The highest BCUT2D eigenvalue weighted by atomic mass is 32.2. The Bertz CT molecular complexity index is 921. The Morgan fingerprint density at radius 2 is 2.29 bits per heavy atom. The molecule has 0 aliphatic carbocycles. The van der Waals surface area contributed by atoms with Gasteiger partial charge in [0.25, 0.3) is 0 Å². The number of hydrogen-bond acceptors (Lipinski definition) is 6. The second-order valence-corrected chi connectivity index (χ2v) is 7.94. The van der Waals surface area contributed by atoms with Crippen molar-refractivity contribution < 1.29 is 4.74 Å². The number of aromatic nitrogens is 4. The van der Waals surface area contributed by atoms with Crippen molar-refractivity contribution in [3.05, 3.63) is 15.2 Å². The maximum Gasteiger partial charge on any atom is 0.201 e. The molecule has 8 heteroatoms. The van der Waals surface area contributed by atoms with E-state index in [1.807, 2.05) is 10.7 Å². The Morgan fingerprint density at radius 3 is 3.05 bits per heavy atom. The first-order valence-corrected chi connectivity index (χ1v) is 9.04. The standard InChI is InChI=1S/C13H14N4OS3/c1-13(2)4-6-7(5-18-13)21-10-8(6)9-15-16-11(19)17(9)12(14-10)20-3/h4-5H2,1-3H3,(H,16,19). The SMILES string of the molecule is CSc1nc2sc3c(c2c2n[nH]c(=S)n12)CC(C)(C)OC3. The van der Waals surface area contributed by atoms with Crippen LogP contribution in [0.15, 0.2) is 5.16 Å². The highest BCUT2D eigenvalue weighted by molar-refractivity contribution is 7.98. The summed E-state index contributed by atoms with van der Waals surface area (Å²) in [5, 5.41) is 9.33. The fourth-order valence-corrected chi connectivity index (χ4v) is 4.74. The lowest BCUT2D eigenvalue weighted by Gasteiger charge is -2.30. The van der Waals surface area contributed by atoms with Gasteiger partial charge in [-0.1, -0.05) is 11.8 Å². The molecule has 0 fully saturated rings. The van der Waals surface area contributed by atoms with E-state index in [1.165, 1.54) is 10.4 Å². The second-order valence-electron chi connectivity index (χ2n) is 5.70. The van der Waals surface area contributed by atoms with Crippen LogP contribution in [0.4, 0.5) is 0 Å². The minimum Gasteiger partial charge on any atom is -0.370 e. The van der Waals surface area contributed by atoms with E-state index in [4.69, 9.17) is 21.9 Å².